The monoisotopic (exact) mass is 668 g/mol. The topological polar surface area (TPSA) is 41.1 Å². The van der Waals surface area contributed by atoms with Crippen LogP contribution in [0.4, 0.5) is 16.2 Å². The van der Waals surface area contributed by atoms with Crippen molar-refractivity contribution in [2.75, 3.05) is 10.6 Å². The molecule has 10 aromatic rings. The molecule has 0 heterocycles. The van der Waals surface area contributed by atoms with Crippen molar-refractivity contribution in [2.45, 2.75) is 25.7 Å². The summed E-state index contributed by atoms with van der Waals surface area (Å²) in [6, 6.07) is 56.3. The van der Waals surface area contributed by atoms with Crippen LogP contribution in [0.15, 0.2) is 158 Å². The maximum Gasteiger partial charge on any atom is 0.323 e. The SMILES string of the molecule is O=C(Nc1ccc(CCc2ccc3ccc4cccc5ccc2c3c45)cc1)Nc1ccc(CCc2ccc3ccc4cccc5ccc2c3c45)cc1. The molecule has 0 radical (unpaired) electrons. The lowest BCUT2D eigenvalue weighted by molar-refractivity contribution is 0.262. The quantitative estimate of drug-likeness (QED) is 0.155. The minimum absolute atomic E-state index is 0.247. The standard InChI is InChI=1S/C49H36N2O/c52-49(50-41-25-9-31(10-26-41)7-13-33-15-17-39-21-19-35-3-1-5-37-23-29-43(33)47(39)45(35)37)51-42-27-11-32(12-28-42)8-14-34-16-18-40-22-20-36-4-2-6-38-24-30-44(34)48(40)46(36)38/h1-6,9-12,15-30H,7-8,13-14H2,(H2,50,51,52). The molecular weight excluding hydrogens is 633 g/mol. The number of amides is 2. The van der Waals surface area contributed by atoms with E-state index in [1.54, 1.807) is 0 Å². The summed E-state index contributed by atoms with van der Waals surface area (Å²) in [4.78, 5) is 12.9. The van der Waals surface area contributed by atoms with Crippen molar-refractivity contribution >= 4 is 82.0 Å². The molecule has 10 aromatic carbocycles. The first-order valence-electron chi connectivity index (χ1n) is 18.2. The summed E-state index contributed by atoms with van der Waals surface area (Å²) in [6.07, 6.45) is 3.77. The average molecular weight is 669 g/mol. The fourth-order valence-corrected chi connectivity index (χ4v) is 8.39. The molecule has 0 bridgehead atoms. The minimum Gasteiger partial charge on any atom is -0.308 e. The van der Waals surface area contributed by atoms with Gasteiger partial charge in [-0.25, -0.2) is 4.79 Å². The molecular formula is C49H36N2O. The van der Waals surface area contributed by atoms with Gasteiger partial charge in [0.1, 0.15) is 0 Å². The summed E-state index contributed by atoms with van der Waals surface area (Å²) in [5.41, 5.74) is 6.77. The highest BCUT2D eigenvalue weighted by molar-refractivity contribution is 6.24. The highest BCUT2D eigenvalue weighted by Gasteiger charge is 2.13. The van der Waals surface area contributed by atoms with Crippen molar-refractivity contribution in [3.05, 3.63) is 180 Å². The first-order chi connectivity index (χ1) is 25.6. The van der Waals surface area contributed by atoms with E-state index in [-0.39, 0.29) is 6.03 Å². The van der Waals surface area contributed by atoms with Crippen LogP contribution in [0.2, 0.25) is 0 Å². The predicted molar refractivity (Wildman–Crippen MR) is 221 cm³/mol. The van der Waals surface area contributed by atoms with Gasteiger partial charge < -0.3 is 10.6 Å². The molecule has 10 rings (SSSR count). The Labute approximate surface area is 302 Å². The molecule has 248 valence electrons. The lowest BCUT2D eigenvalue weighted by Gasteiger charge is -2.14. The number of hydrogen-bond donors (Lipinski definition) is 2. The zero-order valence-electron chi connectivity index (χ0n) is 28.7. The molecule has 0 aromatic heterocycles. The van der Waals surface area contributed by atoms with Crippen molar-refractivity contribution in [3.63, 3.8) is 0 Å². The second-order valence-electron chi connectivity index (χ2n) is 14.1. The van der Waals surface area contributed by atoms with Crippen LogP contribution in [0.3, 0.4) is 0 Å². The lowest BCUT2D eigenvalue weighted by Crippen LogP contribution is -2.19. The molecule has 0 atom stereocenters. The Kier molecular flexibility index (Phi) is 7.24. The molecule has 0 unspecified atom stereocenters. The first kappa shape index (κ1) is 30.4. The zero-order valence-corrected chi connectivity index (χ0v) is 28.7. The zero-order chi connectivity index (χ0) is 34.6. The Morgan fingerprint density at radius 3 is 1.10 bits per heavy atom. The van der Waals surface area contributed by atoms with Gasteiger partial charge in [0.2, 0.25) is 0 Å². The molecule has 0 aliphatic rings. The van der Waals surface area contributed by atoms with E-state index in [0.717, 1.165) is 37.1 Å². The molecule has 0 aliphatic heterocycles. The van der Waals surface area contributed by atoms with Crippen molar-refractivity contribution < 1.29 is 4.79 Å². The smallest absolute Gasteiger partial charge is 0.308 e. The van der Waals surface area contributed by atoms with Crippen LogP contribution in [0, 0.1) is 0 Å². The Hall–Kier alpha value is -6.45. The molecule has 0 saturated carbocycles. The molecule has 0 spiro atoms. The van der Waals surface area contributed by atoms with Crippen LogP contribution in [-0.4, -0.2) is 6.03 Å². The fraction of sp³-hybridized carbons (Fsp3) is 0.0816. The van der Waals surface area contributed by atoms with Crippen LogP contribution in [0.25, 0.3) is 64.6 Å². The van der Waals surface area contributed by atoms with Crippen LogP contribution in [0.1, 0.15) is 22.3 Å². The number of urea groups is 1. The fourth-order valence-electron chi connectivity index (χ4n) is 8.39. The summed E-state index contributed by atoms with van der Waals surface area (Å²) in [5.74, 6) is 0. The second kappa shape index (κ2) is 12.4. The molecule has 0 fully saturated rings. The van der Waals surface area contributed by atoms with Crippen LogP contribution in [0.5, 0.6) is 0 Å². The molecule has 52 heavy (non-hydrogen) atoms. The Morgan fingerprint density at radius 1 is 0.346 bits per heavy atom. The van der Waals surface area contributed by atoms with E-state index in [1.807, 2.05) is 24.3 Å². The average Bonchev–Trinajstić information content (AvgIpc) is 3.19. The number of rotatable bonds is 8. The number of anilines is 2. The minimum atomic E-state index is -0.247. The molecule has 2 amide bonds. The highest BCUT2D eigenvalue weighted by Crippen LogP contribution is 2.38. The summed E-state index contributed by atoms with van der Waals surface area (Å²) >= 11 is 0. The van der Waals surface area contributed by atoms with E-state index in [2.05, 4.69) is 144 Å². The van der Waals surface area contributed by atoms with E-state index in [9.17, 15) is 4.79 Å². The van der Waals surface area contributed by atoms with E-state index in [1.165, 1.54) is 86.9 Å². The highest BCUT2D eigenvalue weighted by atomic mass is 16.2. The van der Waals surface area contributed by atoms with Crippen LogP contribution < -0.4 is 10.6 Å². The number of benzene rings is 10. The van der Waals surface area contributed by atoms with Gasteiger partial charge in [-0.2, -0.15) is 0 Å². The lowest BCUT2D eigenvalue weighted by atomic mass is 9.90. The third-order valence-corrected chi connectivity index (χ3v) is 11.0. The van der Waals surface area contributed by atoms with Crippen LogP contribution >= 0.6 is 0 Å². The van der Waals surface area contributed by atoms with Crippen LogP contribution in [-0.2, 0) is 25.7 Å². The van der Waals surface area contributed by atoms with Gasteiger partial charge >= 0.3 is 6.03 Å². The van der Waals surface area contributed by atoms with Crippen molar-refractivity contribution in [1.82, 2.24) is 0 Å². The summed E-state index contributed by atoms with van der Waals surface area (Å²) < 4.78 is 0. The molecule has 2 N–H and O–H groups in total. The number of nitrogens with one attached hydrogen (secondary N) is 2. The number of aryl methyl sites for hydroxylation is 4. The third-order valence-electron chi connectivity index (χ3n) is 11.0. The number of carbonyl (C=O) groups excluding carboxylic acids is 1. The summed E-state index contributed by atoms with van der Waals surface area (Å²) in [7, 11) is 0. The largest absolute Gasteiger partial charge is 0.323 e. The Bertz CT molecular complexity index is 2680. The molecule has 0 aliphatic carbocycles. The predicted octanol–water partition coefficient (Wildman–Crippen LogP) is 12.7. The van der Waals surface area contributed by atoms with Gasteiger partial charge in [0, 0.05) is 11.4 Å². The van der Waals surface area contributed by atoms with E-state index in [4.69, 9.17) is 0 Å². The summed E-state index contributed by atoms with van der Waals surface area (Å²) in [6.45, 7) is 0. The maximum absolute atomic E-state index is 12.9. The number of hydrogen-bond acceptors (Lipinski definition) is 1. The van der Waals surface area contributed by atoms with E-state index < -0.39 is 0 Å². The van der Waals surface area contributed by atoms with Gasteiger partial charge in [0.05, 0.1) is 0 Å². The van der Waals surface area contributed by atoms with Gasteiger partial charge in [-0.05, 0) is 137 Å². The first-order valence-corrected chi connectivity index (χ1v) is 18.2. The Morgan fingerprint density at radius 2 is 0.692 bits per heavy atom. The number of carbonyl (C=O) groups is 1. The Balaban J connectivity index is 0.765. The van der Waals surface area contributed by atoms with Crippen molar-refractivity contribution in [1.29, 1.82) is 0 Å². The van der Waals surface area contributed by atoms with Gasteiger partial charge in [0.15, 0.2) is 0 Å². The van der Waals surface area contributed by atoms with Gasteiger partial charge in [-0.3, -0.25) is 0 Å². The van der Waals surface area contributed by atoms with Crippen molar-refractivity contribution in [3.8, 4) is 0 Å². The third kappa shape index (κ3) is 5.34. The second-order valence-corrected chi connectivity index (χ2v) is 14.1. The van der Waals surface area contributed by atoms with E-state index in [0.29, 0.717) is 0 Å². The van der Waals surface area contributed by atoms with Gasteiger partial charge in [0.25, 0.3) is 0 Å². The van der Waals surface area contributed by atoms with Crippen molar-refractivity contribution in [2.24, 2.45) is 0 Å². The molecule has 3 heteroatoms. The van der Waals surface area contributed by atoms with E-state index >= 15 is 0 Å². The maximum atomic E-state index is 12.9. The van der Waals surface area contributed by atoms with Gasteiger partial charge in [-0.1, -0.05) is 133 Å². The normalized spacial score (nSPS) is 11.8. The van der Waals surface area contributed by atoms with Gasteiger partial charge in [-0.15, -0.1) is 0 Å². The summed E-state index contributed by atoms with van der Waals surface area (Å²) in [5, 5.41) is 21.9. The molecule has 3 nitrogen and oxygen atoms in total. The molecule has 0 saturated heterocycles.